The normalized spacial score (nSPS) is 11.5. The lowest BCUT2D eigenvalue weighted by molar-refractivity contribution is 0.101. The first-order valence-corrected chi connectivity index (χ1v) is 11.4. The summed E-state index contributed by atoms with van der Waals surface area (Å²) in [6.45, 7) is 3.68. The summed E-state index contributed by atoms with van der Waals surface area (Å²) >= 11 is 0. The van der Waals surface area contributed by atoms with E-state index in [1.807, 2.05) is 19.9 Å². The van der Waals surface area contributed by atoms with E-state index in [2.05, 4.69) is 21.7 Å². The lowest BCUT2D eigenvalue weighted by Gasteiger charge is -2.13. The predicted octanol–water partition coefficient (Wildman–Crippen LogP) is 4.45. The molecule has 0 aliphatic carbocycles. The van der Waals surface area contributed by atoms with Gasteiger partial charge in [0, 0.05) is 35.5 Å². The summed E-state index contributed by atoms with van der Waals surface area (Å²) in [5.41, 5.74) is 3.87. The fourth-order valence-electron chi connectivity index (χ4n) is 3.82. The zero-order valence-electron chi connectivity index (χ0n) is 20.2. The Hall–Kier alpha value is -4.77. The van der Waals surface area contributed by atoms with Gasteiger partial charge in [-0.15, -0.1) is 0 Å². The second-order valence-electron chi connectivity index (χ2n) is 8.77. The Morgan fingerprint density at radius 1 is 1.03 bits per heavy atom. The summed E-state index contributed by atoms with van der Waals surface area (Å²) in [5, 5.41) is 15.1. The Balaban J connectivity index is 1.52. The molecule has 0 spiro atoms. The summed E-state index contributed by atoms with van der Waals surface area (Å²) in [7, 11) is 1.60. The minimum absolute atomic E-state index is 0.145. The second kappa shape index (κ2) is 10.2. The van der Waals surface area contributed by atoms with E-state index in [0.29, 0.717) is 39.8 Å². The van der Waals surface area contributed by atoms with E-state index in [1.165, 1.54) is 17.0 Å². The highest BCUT2D eigenvalue weighted by molar-refractivity contribution is 6.08. The van der Waals surface area contributed by atoms with Crippen molar-refractivity contribution in [3.63, 3.8) is 0 Å². The molecule has 1 aromatic heterocycles. The van der Waals surface area contributed by atoms with Crippen LogP contribution in [0.25, 0.3) is 10.9 Å². The molecule has 4 aromatic rings. The van der Waals surface area contributed by atoms with Crippen LogP contribution in [0.2, 0.25) is 0 Å². The van der Waals surface area contributed by atoms with Gasteiger partial charge in [-0.2, -0.15) is 5.26 Å². The number of carbonyl (C=O) groups excluding carboxylic acids is 2. The van der Waals surface area contributed by atoms with E-state index in [9.17, 15) is 14.4 Å². The van der Waals surface area contributed by atoms with Gasteiger partial charge in [0.25, 0.3) is 17.4 Å². The maximum Gasteiger partial charge on any atom is 0.260 e. The molecule has 2 amide bonds. The van der Waals surface area contributed by atoms with Crippen molar-refractivity contribution in [1.82, 2.24) is 9.55 Å². The number of amides is 2. The molecular weight excluding hydrogens is 454 g/mol. The molecule has 0 saturated heterocycles. The molecule has 0 saturated carbocycles. The van der Waals surface area contributed by atoms with Crippen molar-refractivity contribution in [1.29, 1.82) is 5.26 Å². The molecule has 0 aliphatic rings. The number of fused-ring (bicyclic) bond motifs is 1. The van der Waals surface area contributed by atoms with Crippen molar-refractivity contribution in [3.05, 3.63) is 99.6 Å². The van der Waals surface area contributed by atoms with E-state index >= 15 is 0 Å². The van der Waals surface area contributed by atoms with Gasteiger partial charge in [0.05, 0.1) is 23.3 Å². The third-order valence-corrected chi connectivity index (χ3v) is 5.87. The Kier molecular flexibility index (Phi) is 6.93. The highest BCUT2D eigenvalue weighted by Crippen LogP contribution is 2.22. The molecule has 0 radical (unpaired) electrons. The Bertz CT molecular complexity index is 1580. The lowest BCUT2D eigenvalue weighted by atomic mass is 10.0. The quantitative estimate of drug-likeness (QED) is 0.424. The van der Waals surface area contributed by atoms with Crippen LogP contribution in [-0.2, 0) is 13.5 Å². The molecule has 0 aliphatic heterocycles. The van der Waals surface area contributed by atoms with Gasteiger partial charge in [0.15, 0.2) is 0 Å². The van der Waals surface area contributed by atoms with E-state index in [4.69, 9.17) is 5.26 Å². The Morgan fingerprint density at radius 2 is 1.78 bits per heavy atom. The minimum atomic E-state index is -0.381. The van der Waals surface area contributed by atoms with Gasteiger partial charge in [-0.05, 0) is 73.9 Å². The van der Waals surface area contributed by atoms with Crippen molar-refractivity contribution in [3.8, 4) is 6.07 Å². The van der Waals surface area contributed by atoms with Crippen LogP contribution in [0.4, 0.5) is 11.4 Å². The van der Waals surface area contributed by atoms with E-state index in [1.54, 1.807) is 55.6 Å². The molecule has 36 heavy (non-hydrogen) atoms. The van der Waals surface area contributed by atoms with Gasteiger partial charge in [-0.3, -0.25) is 14.4 Å². The summed E-state index contributed by atoms with van der Waals surface area (Å²) in [5.74, 6) is -0.817. The number of hydrogen-bond acceptors (Lipinski definition) is 5. The van der Waals surface area contributed by atoms with E-state index in [-0.39, 0.29) is 23.3 Å². The first kappa shape index (κ1) is 24.4. The highest BCUT2D eigenvalue weighted by atomic mass is 16.2. The number of carbonyl (C=O) groups is 2. The smallest absolute Gasteiger partial charge is 0.260 e. The van der Waals surface area contributed by atoms with Gasteiger partial charge in [0.1, 0.15) is 0 Å². The zero-order chi connectivity index (χ0) is 25.8. The predicted molar refractivity (Wildman–Crippen MR) is 139 cm³/mol. The van der Waals surface area contributed by atoms with Crippen LogP contribution >= 0.6 is 0 Å². The molecule has 8 heteroatoms. The molecule has 1 atom stereocenters. The second-order valence-corrected chi connectivity index (χ2v) is 8.77. The van der Waals surface area contributed by atoms with Crippen LogP contribution < -0.4 is 16.2 Å². The first-order chi connectivity index (χ1) is 17.2. The molecule has 1 unspecified atom stereocenters. The number of nitriles is 1. The lowest BCUT2D eigenvalue weighted by Crippen LogP contribution is -2.18. The van der Waals surface area contributed by atoms with Crippen LogP contribution in [-0.4, -0.2) is 21.4 Å². The number of nitrogens with zero attached hydrogens (tertiary/aromatic N) is 3. The molecule has 0 bridgehead atoms. The molecule has 8 nitrogen and oxygen atoms in total. The van der Waals surface area contributed by atoms with Crippen LogP contribution in [0.3, 0.4) is 0 Å². The average molecular weight is 480 g/mol. The van der Waals surface area contributed by atoms with Gasteiger partial charge >= 0.3 is 0 Å². The van der Waals surface area contributed by atoms with Crippen LogP contribution in [0, 0.1) is 24.2 Å². The summed E-state index contributed by atoms with van der Waals surface area (Å²) in [6, 6.07) is 19.4. The van der Waals surface area contributed by atoms with Crippen molar-refractivity contribution in [2.45, 2.75) is 20.3 Å². The number of nitrogens with one attached hydrogen (secondary N) is 2. The summed E-state index contributed by atoms with van der Waals surface area (Å²) < 4.78 is 1.36. The monoisotopic (exact) mass is 479 g/mol. The Morgan fingerprint density at radius 3 is 2.56 bits per heavy atom. The standard InChI is InChI=1S/C28H25N5O3/c1-17(15-29)11-19-5-4-6-20(12-19)26(34)31-22-9-7-18(2)25(14-22)32-27(35)21-8-10-24-23(13-21)28(36)33(3)16-30-24/h4-10,12-14,16-17H,11H2,1-3H3,(H,31,34)(H,32,35). The number of aryl methyl sites for hydroxylation is 2. The fraction of sp³-hybridized carbons (Fsp3) is 0.179. The van der Waals surface area contributed by atoms with Gasteiger partial charge in [-0.1, -0.05) is 18.2 Å². The highest BCUT2D eigenvalue weighted by Gasteiger charge is 2.13. The van der Waals surface area contributed by atoms with Crippen molar-refractivity contribution in [2.75, 3.05) is 10.6 Å². The minimum Gasteiger partial charge on any atom is -0.322 e. The van der Waals surface area contributed by atoms with E-state index in [0.717, 1.165) is 11.1 Å². The van der Waals surface area contributed by atoms with Crippen molar-refractivity contribution < 1.29 is 9.59 Å². The first-order valence-electron chi connectivity index (χ1n) is 11.4. The zero-order valence-corrected chi connectivity index (χ0v) is 20.2. The van der Waals surface area contributed by atoms with Gasteiger partial charge in [0.2, 0.25) is 0 Å². The van der Waals surface area contributed by atoms with E-state index < -0.39 is 0 Å². The van der Waals surface area contributed by atoms with Crippen molar-refractivity contribution >= 4 is 34.1 Å². The van der Waals surface area contributed by atoms with Crippen LogP contribution in [0.5, 0.6) is 0 Å². The fourth-order valence-corrected chi connectivity index (χ4v) is 3.82. The maximum atomic E-state index is 13.0. The molecule has 1 heterocycles. The molecule has 3 aromatic carbocycles. The largest absolute Gasteiger partial charge is 0.322 e. The number of hydrogen-bond donors (Lipinski definition) is 2. The third kappa shape index (κ3) is 5.31. The van der Waals surface area contributed by atoms with Gasteiger partial charge in [-0.25, -0.2) is 4.98 Å². The summed E-state index contributed by atoms with van der Waals surface area (Å²) in [4.78, 5) is 42.4. The maximum absolute atomic E-state index is 13.0. The summed E-state index contributed by atoms with van der Waals surface area (Å²) in [6.07, 6.45) is 2.01. The number of rotatable bonds is 6. The molecule has 180 valence electrons. The molecule has 0 fully saturated rings. The topological polar surface area (TPSA) is 117 Å². The van der Waals surface area contributed by atoms with Crippen molar-refractivity contribution in [2.24, 2.45) is 13.0 Å². The Labute approximate surface area is 208 Å². The number of aromatic nitrogens is 2. The average Bonchev–Trinajstić information content (AvgIpc) is 2.88. The van der Waals surface area contributed by atoms with Crippen LogP contribution in [0.1, 0.15) is 38.8 Å². The van der Waals surface area contributed by atoms with Crippen LogP contribution in [0.15, 0.2) is 71.8 Å². The SMILES string of the molecule is Cc1ccc(NC(=O)c2cccc(CC(C)C#N)c2)cc1NC(=O)c1ccc2ncn(C)c(=O)c2c1. The molecular formula is C28H25N5O3. The third-order valence-electron chi connectivity index (χ3n) is 5.87. The number of benzene rings is 3. The molecule has 2 N–H and O–H groups in total. The number of anilines is 2. The molecule has 4 rings (SSSR count). The van der Waals surface area contributed by atoms with Gasteiger partial charge < -0.3 is 15.2 Å².